The molecule has 4 nitrogen and oxygen atoms in total. The molecule has 0 N–H and O–H groups in total. The first-order chi connectivity index (χ1) is 11.1. The van der Waals surface area contributed by atoms with Gasteiger partial charge in [-0.15, -0.1) is 0 Å². The number of hydrogen-bond donors (Lipinski definition) is 0. The largest absolute Gasteiger partial charge is 0.465 e. The first kappa shape index (κ1) is 15.5. The third kappa shape index (κ3) is 2.48. The summed E-state index contributed by atoms with van der Waals surface area (Å²) in [6.07, 6.45) is 0.637. The van der Waals surface area contributed by atoms with Crippen LogP contribution in [0.25, 0.3) is 10.8 Å². The molecule has 0 radical (unpaired) electrons. The first-order valence-electron chi connectivity index (χ1n) is 7.96. The van der Waals surface area contributed by atoms with Gasteiger partial charge in [0.05, 0.1) is 13.2 Å². The van der Waals surface area contributed by atoms with Crippen LogP contribution >= 0.6 is 0 Å². The van der Waals surface area contributed by atoms with Crippen molar-refractivity contribution in [3.63, 3.8) is 0 Å². The Kier molecular flexibility index (Phi) is 4.07. The molecule has 0 heterocycles. The van der Waals surface area contributed by atoms with Crippen LogP contribution in [0.4, 0.5) is 0 Å². The second-order valence-electron chi connectivity index (χ2n) is 5.81. The van der Waals surface area contributed by atoms with Crippen LogP contribution in [0.3, 0.4) is 0 Å². The average molecular weight is 312 g/mol. The Balaban J connectivity index is 2.13. The van der Waals surface area contributed by atoms with E-state index >= 15 is 0 Å². The lowest BCUT2D eigenvalue weighted by atomic mass is 9.70. The standard InChI is InChI=1S/C19H20O4/c1-3-22-17(20)19(18(21)23-4-2)11-14-9-5-7-13-8-6-10-15(12-19)16(13)14/h5-10H,3-4,11-12H2,1-2H3. The summed E-state index contributed by atoms with van der Waals surface area (Å²) in [5.74, 6) is -0.991. The van der Waals surface area contributed by atoms with Gasteiger partial charge in [-0.2, -0.15) is 0 Å². The fourth-order valence-electron chi connectivity index (χ4n) is 3.42. The molecule has 1 aliphatic rings. The van der Waals surface area contributed by atoms with E-state index in [0.29, 0.717) is 12.8 Å². The Morgan fingerprint density at radius 1 is 0.913 bits per heavy atom. The van der Waals surface area contributed by atoms with Gasteiger partial charge in [0.25, 0.3) is 0 Å². The van der Waals surface area contributed by atoms with Crippen molar-refractivity contribution in [1.29, 1.82) is 0 Å². The summed E-state index contributed by atoms with van der Waals surface area (Å²) in [5.41, 5.74) is 0.699. The van der Waals surface area contributed by atoms with Gasteiger partial charge in [0.2, 0.25) is 0 Å². The highest BCUT2D eigenvalue weighted by molar-refractivity contribution is 6.03. The number of esters is 2. The molecule has 23 heavy (non-hydrogen) atoms. The Labute approximate surface area is 135 Å². The van der Waals surface area contributed by atoms with Gasteiger partial charge in [-0.3, -0.25) is 9.59 Å². The number of rotatable bonds is 4. The fourth-order valence-corrected chi connectivity index (χ4v) is 3.42. The highest BCUT2D eigenvalue weighted by Gasteiger charge is 2.51. The van der Waals surface area contributed by atoms with Gasteiger partial charge in [-0.05, 0) is 35.7 Å². The molecular weight excluding hydrogens is 292 g/mol. The highest BCUT2D eigenvalue weighted by atomic mass is 16.6. The second-order valence-corrected chi connectivity index (χ2v) is 5.81. The molecule has 0 aliphatic heterocycles. The van der Waals surface area contributed by atoms with Crippen LogP contribution in [0.1, 0.15) is 25.0 Å². The minimum atomic E-state index is -1.28. The van der Waals surface area contributed by atoms with E-state index in [0.717, 1.165) is 21.9 Å². The first-order valence-corrected chi connectivity index (χ1v) is 7.96. The lowest BCUT2D eigenvalue weighted by Gasteiger charge is -2.33. The van der Waals surface area contributed by atoms with Gasteiger partial charge < -0.3 is 9.47 Å². The summed E-state index contributed by atoms with van der Waals surface area (Å²) in [7, 11) is 0. The topological polar surface area (TPSA) is 52.6 Å². The molecular formula is C19H20O4. The van der Waals surface area contributed by atoms with E-state index in [1.54, 1.807) is 13.8 Å². The number of ether oxygens (including phenoxy) is 2. The van der Waals surface area contributed by atoms with E-state index < -0.39 is 17.4 Å². The summed E-state index contributed by atoms with van der Waals surface area (Å²) in [6.45, 7) is 3.97. The molecule has 2 aromatic carbocycles. The van der Waals surface area contributed by atoms with Gasteiger partial charge in [0.1, 0.15) is 0 Å². The Morgan fingerprint density at radius 3 is 1.83 bits per heavy atom. The molecule has 0 saturated carbocycles. The van der Waals surface area contributed by atoms with Gasteiger partial charge in [-0.25, -0.2) is 0 Å². The van der Waals surface area contributed by atoms with E-state index in [4.69, 9.17) is 9.47 Å². The van der Waals surface area contributed by atoms with Gasteiger partial charge in [0, 0.05) is 12.8 Å². The van der Waals surface area contributed by atoms with Crippen molar-refractivity contribution in [1.82, 2.24) is 0 Å². The SMILES string of the molecule is CCOC(=O)C1(C(=O)OCC)Cc2cccc3cccc(c23)C1. The summed E-state index contributed by atoms with van der Waals surface area (Å²) in [6, 6.07) is 11.9. The monoisotopic (exact) mass is 312 g/mol. The molecule has 0 aromatic heterocycles. The molecule has 0 saturated heterocycles. The summed E-state index contributed by atoms with van der Waals surface area (Å²) in [4.78, 5) is 25.3. The van der Waals surface area contributed by atoms with Crippen LogP contribution in [0.5, 0.6) is 0 Å². The van der Waals surface area contributed by atoms with Crippen LogP contribution < -0.4 is 0 Å². The van der Waals surface area contributed by atoms with Gasteiger partial charge in [0.15, 0.2) is 5.41 Å². The fraction of sp³-hybridized carbons (Fsp3) is 0.368. The Hall–Kier alpha value is -2.36. The minimum absolute atomic E-state index is 0.242. The lowest BCUT2D eigenvalue weighted by molar-refractivity contribution is -0.172. The summed E-state index contributed by atoms with van der Waals surface area (Å²) < 4.78 is 10.4. The van der Waals surface area contributed by atoms with Crippen LogP contribution in [0.15, 0.2) is 36.4 Å². The zero-order valence-corrected chi connectivity index (χ0v) is 13.4. The zero-order valence-electron chi connectivity index (χ0n) is 13.4. The van der Waals surface area contributed by atoms with Crippen molar-refractivity contribution >= 4 is 22.7 Å². The predicted molar refractivity (Wildman–Crippen MR) is 87.1 cm³/mol. The number of carbonyl (C=O) groups is 2. The van der Waals surface area contributed by atoms with E-state index in [-0.39, 0.29) is 13.2 Å². The van der Waals surface area contributed by atoms with Crippen LogP contribution in [0, 0.1) is 5.41 Å². The maximum Gasteiger partial charge on any atom is 0.324 e. The lowest BCUT2D eigenvalue weighted by Crippen LogP contribution is -2.47. The zero-order chi connectivity index (χ0) is 16.4. The molecule has 0 atom stereocenters. The molecule has 120 valence electrons. The van der Waals surface area contributed by atoms with Crippen molar-refractivity contribution in [3.05, 3.63) is 47.5 Å². The van der Waals surface area contributed by atoms with E-state index in [9.17, 15) is 9.59 Å². The Morgan fingerprint density at radius 2 is 1.39 bits per heavy atom. The number of hydrogen-bond acceptors (Lipinski definition) is 4. The molecule has 0 amide bonds. The molecule has 0 bridgehead atoms. The summed E-state index contributed by atoms with van der Waals surface area (Å²) in [5, 5.41) is 2.26. The molecule has 0 fully saturated rings. The van der Waals surface area contributed by atoms with Gasteiger partial charge in [-0.1, -0.05) is 36.4 Å². The number of carbonyl (C=O) groups excluding carboxylic acids is 2. The van der Waals surface area contributed by atoms with Crippen molar-refractivity contribution < 1.29 is 19.1 Å². The van der Waals surface area contributed by atoms with Crippen molar-refractivity contribution in [2.24, 2.45) is 5.41 Å². The molecule has 2 aromatic rings. The van der Waals surface area contributed by atoms with Gasteiger partial charge >= 0.3 is 11.9 Å². The highest BCUT2D eigenvalue weighted by Crippen LogP contribution is 2.40. The van der Waals surface area contributed by atoms with Crippen molar-refractivity contribution in [3.8, 4) is 0 Å². The summed E-state index contributed by atoms with van der Waals surface area (Å²) >= 11 is 0. The van der Waals surface area contributed by atoms with Crippen molar-refractivity contribution in [2.45, 2.75) is 26.7 Å². The third-order valence-electron chi connectivity index (χ3n) is 4.39. The number of benzene rings is 2. The molecule has 3 rings (SSSR count). The van der Waals surface area contributed by atoms with Crippen LogP contribution in [-0.4, -0.2) is 25.2 Å². The molecule has 0 unspecified atom stereocenters. The van der Waals surface area contributed by atoms with E-state index in [1.165, 1.54) is 0 Å². The van der Waals surface area contributed by atoms with E-state index in [1.807, 2.05) is 36.4 Å². The predicted octanol–water partition coefficient (Wildman–Crippen LogP) is 3.05. The molecule has 1 aliphatic carbocycles. The van der Waals surface area contributed by atoms with Crippen LogP contribution in [0.2, 0.25) is 0 Å². The quantitative estimate of drug-likeness (QED) is 0.643. The average Bonchev–Trinajstić information content (AvgIpc) is 2.55. The second kappa shape index (κ2) is 6.03. The smallest absolute Gasteiger partial charge is 0.324 e. The van der Waals surface area contributed by atoms with Crippen LogP contribution in [-0.2, 0) is 31.9 Å². The Bertz CT molecular complexity index is 702. The normalized spacial score (nSPS) is 15.2. The third-order valence-corrected chi connectivity index (χ3v) is 4.39. The van der Waals surface area contributed by atoms with Crippen molar-refractivity contribution in [2.75, 3.05) is 13.2 Å². The van der Waals surface area contributed by atoms with E-state index in [2.05, 4.69) is 0 Å². The maximum atomic E-state index is 12.6. The maximum absolute atomic E-state index is 12.6. The minimum Gasteiger partial charge on any atom is -0.465 e. The molecule has 4 heteroatoms. The molecule has 0 spiro atoms.